The molecule has 6 nitrogen and oxygen atoms in total. The Kier molecular flexibility index (Phi) is 4.65. The van der Waals surface area contributed by atoms with Crippen molar-refractivity contribution in [3.8, 4) is 0 Å². The molecule has 0 spiro atoms. The minimum Gasteiger partial charge on any atom is -0.391 e. The highest BCUT2D eigenvalue weighted by Crippen LogP contribution is 2.23. The fraction of sp³-hybridized carbons (Fsp3) is 0.667. The van der Waals surface area contributed by atoms with Gasteiger partial charge in [0.05, 0.1) is 6.10 Å². The zero-order valence-corrected chi connectivity index (χ0v) is 13.5. The Morgan fingerprint density at radius 1 is 1.09 bits per heavy atom. The molecule has 1 aromatic rings. The Bertz CT molecular complexity index is 597. The Hall–Kier alpha value is -1.18. The summed E-state index contributed by atoms with van der Waals surface area (Å²) in [6.07, 6.45) is 5.81. The first kappa shape index (κ1) is 15.7. The Morgan fingerprint density at radius 2 is 1.86 bits per heavy atom. The molecule has 0 aliphatic carbocycles. The smallest absolute Gasteiger partial charge is 0.244 e. The summed E-state index contributed by atoms with van der Waals surface area (Å²) in [7, 11) is -3.42. The highest BCUT2D eigenvalue weighted by atomic mass is 32.2. The van der Waals surface area contributed by atoms with Crippen LogP contribution in [0.2, 0.25) is 0 Å². The van der Waals surface area contributed by atoms with Crippen LogP contribution in [0.1, 0.15) is 32.1 Å². The zero-order chi connectivity index (χ0) is 15.6. The lowest BCUT2D eigenvalue weighted by Gasteiger charge is -2.31. The second-order valence-corrected chi connectivity index (χ2v) is 8.00. The molecule has 2 fully saturated rings. The molecule has 1 aromatic heterocycles. The number of hydrogen-bond donors (Lipinski definition) is 1. The highest BCUT2D eigenvalue weighted by molar-refractivity contribution is 7.89. The van der Waals surface area contributed by atoms with Crippen LogP contribution >= 0.6 is 0 Å². The number of anilines is 1. The molecule has 0 saturated carbocycles. The molecule has 0 radical (unpaired) electrons. The number of rotatable bonds is 3. The summed E-state index contributed by atoms with van der Waals surface area (Å²) in [5.41, 5.74) is 0. The first-order chi connectivity index (χ1) is 10.6. The third-order valence-electron chi connectivity index (χ3n) is 4.39. The summed E-state index contributed by atoms with van der Waals surface area (Å²) in [5.74, 6) is 0.733. The Morgan fingerprint density at radius 3 is 2.50 bits per heavy atom. The van der Waals surface area contributed by atoms with E-state index >= 15 is 0 Å². The predicted molar refractivity (Wildman–Crippen MR) is 84.3 cm³/mol. The summed E-state index contributed by atoms with van der Waals surface area (Å²) in [5, 5.41) is 9.72. The van der Waals surface area contributed by atoms with Crippen molar-refractivity contribution in [2.45, 2.75) is 43.1 Å². The third-order valence-corrected chi connectivity index (χ3v) is 6.28. The molecule has 1 unspecified atom stereocenters. The van der Waals surface area contributed by atoms with Crippen LogP contribution in [0.3, 0.4) is 0 Å². The van der Waals surface area contributed by atoms with Crippen LogP contribution in [-0.4, -0.2) is 55.1 Å². The maximum Gasteiger partial charge on any atom is 0.244 e. The second-order valence-electron chi connectivity index (χ2n) is 6.06. The van der Waals surface area contributed by atoms with Gasteiger partial charge in [-0.25, -0.2) is 13.4 Å². The molecule has 3 heterocycles. The SMILES string of the molecule is O=S(=O)(c1ccc(N2CCCC(O)C2)nc1)N1CCCCC1. The minimum absolute atomic E-state index is 0.260. The normalized spacial score (nSPS) is 24.4. The van der Waals surface area contributed by atoms with Gasteiger partial charge in [0.15, 0.2) is 0 Å². The van der Waals surface area contributed by atoms with E-state index in [9.17, 15) is 13.5 Å². The van der Waals surface area contributed by atoms with Gasteiger partial charge < -0.3 is 10.0 Å². The monoisotopic (exact) mass is 325 g/mol. The molecular weight excluding hydrogens is 302 g/mol. The van der Waals surface area contributed by atoms with E-state index < -0.39 is 10.0 Å². The number of piperidine rings is 2. The van der Waals surface area contributed by atoms with Gasteiger partial charge in [-0.15, -0.1) is 0 Å². The molecule has 0 amide bonds. The number of hydrogen-bond acceptors (Lipinski definition) is 5. The first-order valence-corrected chi connectivity index (χ1v) is 9.40. The average molecular weight is 325 g/mol. The number of aliphatic hydroxyl groups excluding tert-OH is 1. The lowest BCUT2D eigenvalue weighted by molar-refractivity contribution is 0.154. The lowest BCUT2D eigenvalue weighted by atomic mass is 10.1. The van der Waals surface area contributed by atoms with Crippen LogP contribution in [0, 0.1) is 0 Å². The molecule has 7 heteroatoms. The summed E-state index contributed by atoms with van der Waals surface area (Å²) < 4.78 is 26.7. The van der Waals surface area contributed by atoms with E-state index in [0.29, 0.717) is 19.6 Å². The van der Waals surface area contributed by atoms with Crippen molar-refractivity contribution in [2.24, 2.45) is 0 Å². The highest BCUT2D eigenvalue weighted by Gasteiger charge is 2.26. The molecule has 1 N–H and O–H groups in total. The van der Waals surface area contributed by atoms with E-state index in [0.717, 1.165) is 44.5 Å². The van der Waals surface area contributed by atoms with Gasteiger partial charge in [-0.05, 0) is 37.8 Å². The lowest BCUT2D eigenvalue weighted by Crippen LogP contribution is -2.39. The Balaban J connectivity index is 1.75. The predicted octanol–water partition coefficient (Wildman–Crippen LogP) is 1.22. The number of β-amino-alcohol motifs (C(OH)–C–C–N with tert-alkyl or cyclic N) is 1. The summed E-state index contributed by atoms with van der Waals surface area (Å²) >= 11 is 0. The van der Waals surface area contributed by atoms with Crippen LogP contribution in [0.25, 0.3) is 0 Å². The molecule has 2 saturated heterocycles. The Labute approximate surface area is 131 Å². The standard InChI is InChI=1S/C15H23N3O3S/c19-13-5-4-8-17(12-13)15-7-6-14(11-16-15)22(20,21)18-9-2-1-3-10-18/h6-7,11,13,19H,1-5,8-10,12H2. The van der Waals surface area contributed by atoms with Gasteiger partial charge in [0.1, 0.15) is 10.7 Å². The van der Waals surface area contributed by atoms with Gasteiger partial charge in [0, 0.05) is 32.4 Å². The maximum atomic E-state index is 12.6. The van der Waals surface area contributed by atoms with Crippen LogP contribution in [0.15, 0.2) is 23.2 Å². The van der Waals surface area contributed by atoms with Crippen molar-refractivity contribution in [1.82, 2.24) is 9.29 Å². The number of pyridine rings is 1. The maximum absolute atomic E-state index is 12.6. The summed E-state index contributed by atoms with van der Waals surface area (Å²) in [4.78, 5) is 6.57. The zero-order valence-electron chi connectivity index (χ0n) is 12.7. The van der Waals surface area contributed by atoms with E-state index in [1.54, 1.807) is 16.4 Å². The van der Waals surface area contributed by atoms with E-state index in [2.05, 4.69) is 4.98 Å². The van der Waals surface area contributed by atoms with Gasteiger partial charge in [0.25, 0.3) is 0 Å². The summed E-state index contributed by atoms with van der Waals surface area (Å²) in [6, 6.07) is 3.38. The summed E-state index contributed by atoms with van der Waals surface area (Å²) in [6.45, 7) is 2.61. The molecule has 1 atom stereocenters. The molecule has 2 aliphatic heterocycles. The van der Waals surface area contributed by atoms with Gasteiger partial charge in [-0.1, -0.05) is 6.42 Å². The van der Waals surface area contributed by atoms with Crippen LogP contribution < -0.4 is 4.90 Å². The largest absolute Gasteiger partial charge is 0.391 e. The van der Waals surface area contributed by atoms with Gasteiger partial charge in [0.2, 0.25) is 10.0 Å². The van der Waals surface area contributed by atoms with Crippen molar-refractivity contribution >= 4 is 15.8 Å². The van der Waals surface area contributed by atoms with Crippen LogP contribution in [0.5, 0.6) is 0 Å². The van der Waals surface area contributed by atoms with Crippen molar-refractivity contribution in [2.75, 3.05) is 31.1 Å². The van der Waals surface area contributed by atoms with E-state index in [4.69, 9.17) is 0 Å². The molecule has 22 heavy (non-hydrogen) atoms. The van der Waals surface area contributed by atoms with Crippen molar-refractivity contribution < 1.29 is 13.5 Å². The van der Waals surface area contributed by atoms with Crippen molar-refractivity contribution in [1.29, 1.82) is 0 Å². The number of sulfonamides is 1. The topological polar surface area (TPSA) is 73.7 Å². The van der Waals surface area contributed by atoms with Crippen LogP contribution in [-0.2, 0) is 10.0 Å². The molecule has 0 bridgehead atoms. The van der Waals surface area contributed by atoms with Gasteiger partial charge in [-0.3, -0.25) is 0 Å². The third kappa shape index (κ3) is 3.26. The molecular formula is C15H23N3O3S. The van der Waals surface area contributed by atoms with E-state index in [-0.39, 0.29) is 11.0 Å². The van der Waals surface area contributed by atoms with Crippen LogP contribution in [0.4, 0.5) is 5.82 Å². The molecule has 122 valence electrons. The quantitative estimate of drug-likeness (QED) is 0.904. The molecule has 2 aliphatic rings. The second kappa shape index (κ2) is 6.52. The fourth-order valence-electron chi connectivity index (χ4n) is 3.13. The first-order valence-electron chi connectivity index (χ1n) is 7.96. The van der Waals surface area contributed by atoms with E-state index in [1.165, 1.54) is 6.20 Å². The van der Waals surface area contributed by atoms with Crippen molar-refractivity contribution in [3.05, 3.63) is 18.3 Å². The number of nitrogens with zero attached hydrogens (tertiary/aromatic N) is 3. The molecule has 3 rings (SSSR count). The number of aliphatic hydroxyl groups is 1. The van der Waals surface area contributed by atoms with Gasteiger partial charge in [-0.2, -0.15) is 4.31 Å². The van der Waals surface area contributed by atoms with Gasteiger partial charge >= 0.3 is 0 Å². The average Bonchev–Trinajstić information content (AvgIpc) is 2.56. The fourth-order valence-corrected chi connectivity index (χ4v) is 4.59. The molecule has 0 aromatic carbocycles. The van der Waals surface area contributed by atoms with E-state index in [1.807, 2.05) is 4.90 Å². The van der Waals surface area contributed by atoms with Crippen molar-refractivity contribution in [3.63, 3.8) is 0 Å². The minimum atomic E-state index is -3.42. The number of aromatic nitrogens is 1.